The van der Waals surface area contributed by atoms with E-state index in [1.807, 2.05) is 5.32 Å². The van der Waals surface area contributed by atoms with Crippen molar-refractivity contribution < 1.29 is 37.1 Å². The lowest BCUT2D eigenvalue weighted by molar-refractivity contribution is -0.175. The largest absolute Gasteiger partial charge is 0.481 e. The van der Waals surface area contributed by atoms with E-state index in [2.05, 4.69) is 0 Å². The van der Waals surface area contributed by atoms with Gasteiger partial charge in [0.05, 0.1) is 6.04 Å². The van der Waals surface area contributed by atoms with Crippen molar-refractivity contribution >= 4 is 17.8 Å². The number of hydrogen-bond acceptors (Lipinski definition) is 3. The maximum Gasteiger partial charge on any atom is 0.471 e. The molecule has 1 aromatic rings. The molecule has 1 aromatic carbocycles. The minimum Gasteiger partial charge on any atom is -0.481 e. The lowest BCUT2D eigenvalue weighted by Gasteiger charge is -2.39. The van der Waals surface area contributed by atoms with Crippen LogP contribution in [0.4, 0.5) is 17.6 Å². The number of nitrogens with zero attached hydrogens (tertiary/aromatic N) is 1. The van der Waals surface area contributed by atoms with Crippen LogP contribution in [0.1, 0.15) is 24.8 Å². The molecule has 0 aromatic heterocycles. The van der Waals surface area contributed by atoms with Crippen LogP contribution in [0.15, 0.2) is 24.3 Å². The number of carboxylic acid groups (broad SMARTS) is 1. The van der Waals surface area contributed by atoms with Crippen LogP contribution in [0.3, 0.4) is 0 Å². The van der Waals surface area contributed by atoms with Gasteiger partial charge in [0.25, 0.3) is 0 Å². The van der Waals surface area contributed by atoms with Crippen molar-refractivity contribution in [1.29, 1.82) is 0 Å². The van der Waals surface area contributed by atoms with Crippen LogP contribution in [-0.2, 0) is 14.4 Å². The first-order valence-corrected chi connectivity index (χ1v) is 8.15. The maximum absolute atomic E-state index is 13.1. The molecule has 3 atom stereocenters. The number of nitrogens with one attached hydrogen (secondary N) is 1. The molecule has 2 N–H and O–H groups in total. The molecule has 1 heterocycles. The molecule has 1 saturated heterocycles. The van der Waals surface area contributed by atoms with E-state index in [0.717, 1.165) is 17.0 Å². The van der Waals surface area contributed by atoms with Crippen molar-refractivity contribution in [2.75, 3.05) is 13.1 Å². The Morgan fingerprint density at radius 1 is 1.22 bits per heavy atom. The number of likely N-dealkylation sites (tertiary alicyclic amines) is 1. The van der Waals surface area contributed by atoms with Crippen molar-refractivity contribution in [1.82, 2.24) is 10.2 Å². The van der Waals surface area contributed by atoms with Crippen LogP contribution in [-0.4, -0.2) is 53.1 Å². The number of benzene rings is 1. The molecule has 0 spiro atoms. The Bertz CT molecular complexity index is 721. The Labute approximate surface area is 152 Å². The van der Waals surface area contributed by atoms with Crippen molar-refractivity contribution in [2.24, 2.45) is 5.92 Å². The van der Waals surface area contributed by atoms with Gasteiger partial charge in [0.1, 0.15) is 11.7 Å². The zero-order chi connectivity index (χ0) is 20.4. The minimum absolute atomic E-state index is 0.108. The van der Waals surface area contributed by atoms with E-state index in [-0.39, 0.29) is 19.5 Å². The van der Waals surface area contributed by atoms with Gasteiger partial charge in [-0.3, -0.25) is 14.4 Å². The second kappa shape index (κ2) is 7.93. The predicted octanol–water partition coefficient (Wildman–Crippen LogP) is 1.91. The summed E-state index contributed by atoms with van der Waals surface area (Å²) in [7, 11) is 0. The standard InChI is InChI=1S/C17H18F4N2O4/c1-9(15(25)26)14(24)23-7-6-12(10-2-4-11(18)5-3-10)13(8-23)22-16(27)17(19,20)21/h2-5,9,12-13H,6-8H2,1H3,(H,22,27)(H,25,26). The molecule has 0 radical (unpaired) electrons. The molecule has 27 heavy (non-hydrogen) atoms. The van der Waals surface area contributed by atoms with Crippen molar-refractivity contribution in [3.05, 3.63) is 35.6 Å². The van der Waals surface area contributed by atoms with E-state index in [1.165, 1.54) is 19.1 Å². The number of carbonyl (C=O) groups is 3. The van der Waals surface area contributed by atoms with Crippen LogP contribution in [0.2, 0.25) is 0 Å². The second-order valence-corrected chi connectivity index (χ2v) is 6.37. The quantitative estimate of drug-likeness (QED) is 0.608. The van der Waals surface area contributed by atoms with Crippen molar-refractivity contribution in [3.8, 4) is 0 Å². The molecular formula is C17H18F4N2O4. The second-order valence-electron chi connectivity index (χ2n) is 6.37. The minimum atomic E-state index is -5.10. The third-order valence-electron chi connectivity index (χ3n) is 4.54. The predicted molar refractivity (Wildman–Crippen MR) is 85.1 cm³/mol. The molecular weight excluding hydrogens is 372 g/mol. The summed E-state index contributed by atoms with van der Waals surface area (Å²) in [5.41, 5.74) is 0.516. The van der Waals surface area contributed by atoms with Crippen LogP contribution in [0.25, 0.3) is 0 Å². The van der Waals surface area contributed by atoms with Crippen LogP contribution < -0.4 is 5.32 Å². The summed E-state index contributed by atoms with van der Waals surface area (Å²) < 4.78 is 51.1. The number of amides is 2. The Balaban J connectivity index is 2.25. The summed E-state index contributed by atoms with van der Waals surface area (Å²) in [6.45, 7) is 1.01. The smallest absolute Gasteiger partial charge is 0.471 e. The fraction of sp³-hybridized carbons (Fsp3) is 0.471. The molecule has 0 bridgehead atoms. The highest BCUT2D eigenvalue weighted by molar-refractivity contribution is 5.96. The Hall–Kier alpha value is -2.65. The number of halogens is 4. The third kappa shape index (κ3) is 4.95. The van der Waals surface area contributed by atoms with E-state index >= 15 is 0 Å². The van der Waals surface area contributed by atoms with Gasteiger partial charge in [0.15, 0.2) is 0 Å². The molecule has 1 fully saturated rings. The first kappa shape index (κ1) is 20.7. The summed E-state index contributed by atoms with van der Waals surface area (Å²) in [6.07, 6.45) is -4.92. The van der Waals surface area contributed by atoms with Gasteiger partial charge in [-0.15, -0.1) is 0 Å². The lowest BCUT2D eigenvalue weighted by Crippen LogP contribution is -2.56. The molecule has 0 saturated carbocycles. The number of carboxylic acids is 1. The highest BCUT2D eigenvalue weighted by Crippen LogP contribution is 2.30. The molecule has 1 aliphatic rings. The van der Waals surface area contributed by atoms with Crippen molar-refractivity contribution in [3.63, 3.8) is 0 Å². The number of aliphatic carboxylic acids is 1. The Morgan fingerprint density at radius 3 is 2.33 bits per heavy atom. The van der Waals surface area contributed by atoms with E-state index in [0.29, 0.717) is 5.56 Å². The first-order chi connectivity index (χ1) is 12.5. The van der Waals surface area contributed by atoms with Gasteiger partial charge in [-0.2, -0.15) is 13.2 Å². The Morgan fingerprint density at radius 2 is 1.81 bits per heavy atom. The van der Waals surface area contributed by atoms with Crippen molar-refractivity contribution in [2.45, 2.75) is 31.5 Å². The van der Waals surface area contributed by atoms with Gasteiger partial charge < -0.3 is 15.3 Å². The molecule has 10 heteroatoms. The normalized spacial score (nSPS) is 21.4. The fourth-order valence-electron chi connectivity index (χ4n) is 3.04. The van der Waals surface area contributed by atoms with E-state index in [4.69, 9.17) is 5.11 Å². The van der Waals surface area contributed by atoms with Gasteiger partial charge in [-0.1, -0.05) is 12.1 Å². The van der Waals surface area contributed by atoms with E-state index in [1.54, 1.807) is 0 Å². The average molecular weight is 390 g/mol. The highest BCUT2D eigenvalue weighted by atomic mass is 19.4. The third-order valence-corrected chi connectivity index (χ3v) is 4.54. The highest BCUT2D eigenvalue weighted by Gasteiger charge is 2.43. The number of carbonyl (C=O) groups excluding carboxylic acids is 2. The summed E-state index contributed by atoms with van der Waals surface area (Å²) >= 11 is 0. The number of piperidine rings is 1. The SMILES string of the molecule is CC(C(=O)O)C(=O)N1CCC(c2ccc(F)cc2)C(NC(=O)C(F)(F)F)C1. The summed E-state index contributed by atoms with van der Waals surface area (Å²) in [5, 5.41) is 10.8. The van der Waals surface area contributed by atoms with E-state index < -0.39 is 47.7 Å². The van der Waals surface area contributed by atoms with Gasteiger partial charge in [0, 0.05) is 19.0 Å². The zero-order valence-corrected chi connectivity index (χ0v) is 14.3. The van der Waals surface area contributed by atoms with Crippen LogP contribution in [0, 0.1) is 11.7 Å². The summed E-state index contributed by atoms with van der Waals surface area (Å²) in [5.74, 6) is -6.70. The van der Waals surface area contributed by atoms with E-state index in [9.17, 15) is 31.9 Å². The molecule has 148 valence electrons. The molecule has 3 unspecified atom stereocenters. The zero-order valence-electron chi connectivity index (χ0n) is 14.3. The summed E-state index contributed by atoms with van der Waals surface area (Å²) in [6, 6.07) is 4.03. The lowest BCUT2D eigenvalue weighted by atomic mass is 9.84. The monoisotopic (exact) mass is 390 g/mol. The number of hydrogen-bond donors (Lipinski definition) is 2. The van der Waals surface area contributed by atoms with Gasteiger partial charge in [0.2, 0.25) is 5.91 Å². The molecule has 0 aliphatic carbocycles. The van der Waals surface area contributed by atoms with Gasteiger partial charge in [-0.25, -0.2) is 4.39 Å². The van der Waals surface area contributed by atoms with Crippen LogP contribution >= 0.6 is 0 Å². The first-order valence-electron chi connectivity index (χ1n) is 8.15. The molecule has 1 aliphatic heterocycles. The van der Waals surface area contributed by atoms with Gasteiger partial charge in [-0.05, 0) is 31.0 Å². The summed E-state index contributed by atoms with van der Waals surface area (Å²) in [4.78, 5) is 35.7. The fourth-order valence-corrected chi connectivity index (χ4v) is 3.04. The molecule has 2 amide bonds. The Kier molecular flexibility index (Phi) is 6.07. The van der Waals surface area contributed by atoms with Gasteiger partial charge >= 0.3 is 18.1 Å². The van der Waals surface area contributed by atoms with Crippen LogP contribution in [0.5, 0.6) is 0 Å². The number of rotatable bonds is 4. The molecule has 2 rings (SSSR count). The maximum atomic E-state index is 13.1. The average Bonchev–Trinajstić information content (AvgIpc) is 2.60. The topological polar surface area (TPSA) is 86.7 Å². The molecule has 6 nitrogen and oxygen atoms in total. The number of alkyl halides is 3.